The monoisotopic (exact) mass is 368 g/mol. The Labute approximate surface area is 132 Å². The van der Waals surface area contributed by atoms with Gasteiger partial charge >= 0.3 is 0 Å². The third-order valence-electron chi connectivity index (χ3n) is 2.77. The van der Waals surface area contributed by atoms with Gasteiger partial charge in [0.15, 0.2) is 11.6 Å². The third-order valence-corrected chi connectivity index (χ3v) is 4.18. The lowest BCUT2D eigenvalue weighted by Crippen LogP contribution is -2.11. The van der Waals surface area contributed by atoms with E-state index in [1.165, 1.54) is 17.4 Å². The maximum absolute atomic E-state index is 13.2. The van der Waals surface area contributed by atoms with Crippen molar-refractivity contribution in [2.45, 2.75) is 6.61 Å². The molecule has 0 bridgehead atoms. The predicted octanol–water partition coefficient (Wildman–Crippen LogP) is 3.46. The van der Waals surface area contributed by atoms with Crippen LogP contribution < -0.4 is 16.0 Å². The van der Waals surface area contributed by atoms with Crippen molar-refractivity contribution in [2.24, 2.45) is 5.84 Å². The lowest BCUT2D eigenvalue weighted by Gasteiger charge is -2.08. The number of hydrogen-bond acceptors (Lipinski definition) is 6. The molecule has 0 radical (unpaired) electrons. The molecule has 0 spiro atoms. The lowest BCUT2D eigenvalue weighted by molar-refractivity contribution is 0.296. The summed E-state index contributed by atoms with van der Waals surface area (Å²) >= 11 is 4.61. The number of aromatic nitrogens is 2. The van der Waals surface area contributed by atoms with Gasteiger partial charge in [0.1, 0.15) is 23.0 Å². The van der Waals surface area contributed by atoms with Crippen LogP contribution in [0.25, 0.3) is 10.2 Å². The molecule has 0 aliphatic heterocycles. The van der Waals surface area contributed by atoms with Crippen LogP contribution in [0.15, 0.2) is 34.1 Å². The molecule has 0 aliphatic carbocycles. The summed E-state index contributed by atoms with van der Waals surface area (Å²) in [5.74, 6) is 6.71. The minimum Gasteiger partial charge on any atom is -0.486 e. The first-order valence-corrected chi connectivity index (χ1v) is 7.63. The fourth-order valence-corrected chi connectivity index (χ4v) is 2.93. The van der Waals surface area contributed by atoms with Crippen molar-refractivity contribution >= 4 is 43.3 Å². The first kappa shape index (κ1) is 14.2. The molecular formula is C13H10BrFN4OS. The van der Waals surface area contributed by atoms with Gasteiger partial charge in [0.2, 0.25) is 0 Å². The van der Waals surface area contributed by atoms with Gasteiger partial charge in [0.05, 0.1) is 9.86 Å². The first-order chi connectivity index (χ1) is 10.2. The minimum atomic E-state index is -0.340. The number of anilines is 1. The summed E-state index contributed by atoms with van der Waals surface area (Å²) in [7, 11) is 0. The second-order valence-corrected chi connectivity index (χ2v) is 5.89. The molecule has 8 heteroatoms. The molecular weight excluding hydrogens is 359 g/mol. The van der Waals surface area contributed by atoms with E-state index in [1.807, 2.05) is 11.4 Å². The van der Waals surface area contributed by atoms with Gasteiger partial charge in [0.25, 0.3) is 0 Å². The standard InChI is InChI=1S/C13H10BrFN4OS/c14-9-5-7(1-2-10(9)15)20-6-11-17-12(19-16)8-3-4-21-13(8)18-11/h1-5H,6,16H2,(H,17,18,19). The Morgan fingerprint density at radius 2 is 2.19 bits per heavy atom. The Morgan fingerprint density at radius 1 is 1.33 bits per heavy atom. The van der Waals surface area contributed by atoms with Crippen molar-refractivity contribution in [1.82, 2.24) is 9.97 Å². The highest BCUT2D eigenvalue weighted by Crippen LogP contribution is 2.25. The summed E-state index contributed by atoms with van der Waals surface area (Å²) in [6, 6.07) is 6.33. The predicted molar refractivity (Wildman–Crippen MR) is 83.7 cm³/mol. The van der Waals surface area contributed by atoms with E-state index in [9.17, 15) is 4.39 Å². The highest BCUT2D eigenvalue weighted by Gasteiger charge is 2.09. The maximum atomic E-state index is 13.2. The van der Waals surface area contributed by atoms with E-state index in [4.69, 9.17) is 10.6 Å². The van der Waals surface area contributed by atoms with Crippen molar-refractivity contribution in [1.29, 1.82) is 0 Å². The van der Waals surface area contributed by atoms with Gasteiger partial charge in [-0.15, -0.1) is 11.3 Å². The van der Waals surface area contributed by atoms with Crippen molar-refractivity contribution in [2.75, 3.05) is 5.43 Å². The number of nitrogens with zero attached hydrogens (tertiary/aromatic N) is 2. The Bertz CT molecular complexity index is 795. The Hall–Kier alpha value is -1.77. The fourth-order valence-electron chi connectivity index (χ4n) is 1.79. The summed E-state index contributed by atoms with van der Waals surface area (Å²) in [5.41, 5.74) is 2.55. The zero-order chi connectivity index (χ0) is 14.8. The van der Waals surface area contributed by atoms with Crippen molar-refractivity contribution in [3.63, 3.8) is 0 Å². The number of hydrazine groups is 1. The van der Waals surface area contributed by atoms with Gasteiger partial charge in [-0.1, -0.05) is 0 Å². The molecule has 0 saturated carbocycles. The van der Waals surface area contributed by atoms with Crippen LogP contribution in [0.3, 0.4) is 0 Å². The molecule has 5 nitrogen and oxygen atoms in total. The molecule has 2 heterocycles. The first-order valence-electron chi connectivity index (χ1n) is 5.96. The van der Waals surface area contributed by atoms with E-state index in [1.54, 1.807) is 12.1 Å². The molecule has 0 saturated heterocycles. The number of nitrogen functional groups attached to an aromatic ring is 1. The van der Waals surface area contributed by atoms with Crippen LogP contribution in [0.1, 0.15) is 5.82 Å². The average molecular weight is 369 g/mol. The number of hydrogen-bond donors (Lipinski definition) is 2. The molecule has 0 aliphatic rings. The molecule has 1 aromatic carbocycles. The van der Waals surface area contributed by atoms with Crippen molar-refractivity contribution in [3.8, 4) is 5.75 Å². The van der Waals surface area contributed by atoms with E-state index in [-0.39, 0.29) is 12.4 Å². The normalized spacial score (nSPS) is 10.8. The number of nitrogens with two attached hydrogens (primary N) is 1. The number of thiophene rings is 1. The molecule has 0 fully saturated rings. The number of rotatable bonds is 4. The van der Waals surface area contributed by atoms with E-state index in [0.717, 1.165) is 10.2 Å². The largest absolute Gasteiger partial charge is 0.486 e. The smallest absolute Gasteiger partial charge is 0.169 e. The van der Waals surface area contributed by atoms with Crippen LogP contribution in [0, 0.1) is 5.82 Å². The zero-order valence-electron chi connectivity index (χ0n) is 10.6. The molecule has 2 aromatic heterocycles. The van der Waals surface area contributed by atoms with Crippen LogP contribution in [0.5, 0.6) is 5.75 Å². The second-order valence-electron chi connectivity index (χ2n) is 4.14. The number of nitrogens with one attached hydrogen (secondary N) is 1. The van der Waals surface area contributed by atoms with Crippen LogP contribution >= 0.6 is 27.3 Å². The van der Waals surface area contributed by atoms with Gasteiger partial charge in [-0.05, 0) is 45.6 Å². The molecule has 3 N–H and O–H groups in total. The topological polar surface area (TPSA) is 73.1 Å². The van der Waals surface area contributed by atoms with Crippen LogP contribution in [0.4, 0.5) is 10.2 Å². The third kappa shape index (κ3) is 2.97. The number of ether oxygens (including phenoxy) is 1. The molecule has 108 valence electrons. The van der Waals surface area contributed by atoms with Crippen molar-refractivity contribution in [3.05, 3.63) is 45.8 Å². The molecule has 3 aromatic rings. The maximum Gasteiger partial charge on any atom is 0.169 e. The summed E-state index contributed by atoms with van der Waals surface area (Å²) < 4.78 is 19.1. The van der Waals surface area contributed by atoms with Gasteiger partial charge in [-0.25, -0.2) is 20.2 Å². The number of benzene rings is 1. The summed E-state index contributed by atoms with van der Waals surface area (Å²) in [6.45, 7) is 0.167. The Kier molecular flexibility index (Phi) is 4.00. The van der Waals surface area contributed by atoms with E-state index in [2.05, 4.69) is 31.3 Å². The van der Waals surface area contributed by atoms with E-state index >= 15 is 0 Å². The number of halogens is 2. The van der Waals surface area contributed by atoms with Crippen LogP contribution in [-0.4, -0.2) is 9.97 Å². The SMILES string of the molecule is NNc1nc(COc2ccc(F)c(Br)c2)nc2sccc12. The van der Waals surface area contributed by atoms with E-state index < -0.39 is 0 Å². The van der Waals surface area contributed by atoms with Gasteiger partial charge in [-0.2, -0.15) is 0 Å². The average Bonchev–Trinajstić information content (AvgIpc) is 2.96. The van der Waals surface area contributed by atoms with Crippen LogP contribution in [0.2, 0.25) is 0 Å². The summed E-state index contributed by atoms with van der Waals surface area (Å²) in [4.78, 5) is 9.53. The zero-order valence-corrected chi connectivity index (χ0v) is 13.0. The quantitative estimate of drug-likeness (QED) is 0.544. The molecule has 3 rings (SSSR count). The highest BCUT2D eigenvalue weighted by molar-refractivity contribution is 9.10. The fraction of sp³-hybridized carbons (Fsp3) is 0.0769. The molecule has 21 heavy (non-hydrogen) atoms. The van der Waals surface area contributed by atoms with Crippen molar-refractivity contribution < 1.29 is 9.13 Å². The lowest BCUT2D eigenvalue weighted by atomic mass is 10.3. The Balaban J connectivity index is 1.82. The summed E-state index contributed by atoms with van der Waals surface area (Å²) in [6.07, 6.45) is 0. The van der Waals surface area contributed by atoms with Crippen LogP contribution in [-0.2, 0) is 6.61 Å². The van der Waals surface area contributed by atoms with Gasteiger partial charge in [-0.3, -0.25) is 0 Å². The number of fused-ring (bicyclic) bond motifs is 1. The molecule has 0 atom stereocenters. The second kappa shape index (κ2) is 5.92. The highest BCUT2D eigenvalue weighted by atomic mass is 79.9. The molecule has 0 amide bonds. The molecule has 0 unspecified atom stereocenters. The minimum absolute atomic E-state index is 0.167. The van der Waals surface area contributed by atoms with E-state index in [0.29, 0.717) is 21.9 Å². The van der Waals surface area contributed by atoms with Gasteiger partial charge < -0.3 is 10.2 Å². The van der Waals surface area contributed by atoms with Gasteiger partial charge in [0, 0.05) is 0 Å². The summed E-state index contributed by atoms with van der Waals surface area (Å²) in [5, 5.41) is 2.79. The Morgan fingerprint density at radius 3 is 2.95 bits per heavy atom.